The van der Waals surface area contributed by atoms with Crippen LogP contribution in [0.4, 0.5) is 0 Å². The number of rotatable bonds is 2. The van der Waals surface area contributed by atoms with E-state index in [2.05, 4.69) is 5.32 Å². The van der Waals surface area contributed by atoms with Gasteiger partial charge in [0.15, 0.2) is 0 Å². The Labute approximate surface area is 83.0 Å². The highest BCUT2D eigenvalue weighted by Crippen LogP contribution is 2.30. The van der Waals surface area contributed by atoms with Crippen LogP contribution < -0.4 is 5.32 Å². The molecule has 1 N–H and O–H groups in total. The van der Waals surface area contributed by atoms with Crippen molar-refractivity contribution in [2.45, 2.75) is 38.3 Å². The number of carbonyl (C=O) groups excluding carboxylic acids is 2. The summed E-state index contributed by atoms with van der Waals surface area (Å²) in [5.41, 5.74) is 0. The number of ether oxygens (including phenoxy) is 1. The molecule has 2 saturated heterocycles. The molecule has 4 nitrogen and oxygen atoms in total. The highest BCUT2D eigenvalue weighted by atomic mass is 16.5. The molecule has 2 aliphatic rings. The molecule has 2 heterocycles. The number of hydrogen-bond acceptors (Lipinski definition) is 4. The molecule has 0 aromatic heterocycles. The van der Waals surface area contributed by atoms with Crippen molar-refractivity contribution in [3.8, 4) is 0 Å². The van der Waals surface area contributed by atoms with Gasteiger partial charge in [-0.15, -0.1) is 0 Å². The Morgan fingerprint density at radius 2 is 2.36 bits per heavy atom. The maximum absolute atomic E-state index is 11.5. The first-order valence-corrected chi connectivity index (χ1v) is 5.15. The number of hydrogen-bond donors (Lipinski definition) is 1. The van der Waals surface area contributed by atoms with E-state index in [0.29, 0.717) is 19.4 Å². The van der Waals surface area contributed by atoms with Crippen LogP contribution in [0.3, 0.4) is 0 Å². The zero-order valence-electron chi connectivity index (χ0n) is 8.29. The van der Waals surface area contributed by atoms with Crippen LogP contribution in [0.2, 0.25) is 0 Å². The van der Waals surface area contributed by atoms with Crippen LogP contribution in [0, 0.1) is 5.92 Å². The van der Waals surface area contributed by atoms with Crippen molar-refractivity contribution in [3.05, 3.63) is 0 Å². The largest absolute Gasteiger partial charge is 0.466 e. The van der Waals surface area contributed by atoms with Gasteiger partial charge < -0.3 is 10.1 Å². The molecule has 0 radical (unpaired) electrons. The fourth-order valence-electron chi connectivity index (χ4n) is 2.41. The highest BCUT2D eigenvalue weighted by molar-refractivity contribution is 5.83. The van der Waals surface area contributed by atoms with E-state index in [1.807, 2.05) is 0 Å². The summed E-state index contributed by atoms with van der Waals surface area (Å²) in [5, 5.41) is 3.29. The summed E-state index contributed by atoms with van der Waals surface area (Å²) >= 11 is 0. The van der Waals surface area contributed by atoms with E-state index < -0.39 is 0 Å². The van der Waals surface area contributed by atoms with Gasteiger partial charge in [-0.2, -0.15) is 0 Å². The number of ketones is 1. The lowest BCUT2D eigenvalue weighted by Gasteiger charge is -2.20. The third kappa shape index (κ3) is 1.66. The van der Waals surface area contributed by atoms with Crippen molar-refractivity contribution in [2.24, 2.45) is 5.92 Å². The van der Waals surface area contributed by atoms with Crippen LogP contribution in [-0.4, -0.2) is 30.4 Å². The summed E-state index contributed by atoms with van der Waals surface area (Å²) in [6.07, 6.45) is 1.82. The lowest BCUT2D eigenvalue weighted by Crippen LogP contribution is -2.41. The van der Waals surface area contributed by atoms with Crippen LogP contribution >= 0.6 is 0 Å². The summed E-state index contributed by atoms with van der Waals surface area (Å²) in [7, 11) is 0. The van der Waals surface area contributed by atoms with Crippen LogP contribution in [0.25, 0.3) is 0 Å². The predicted molar refractivity (Wildman–Crippen MR) is 49.7 cm³/mol. The molecule has 2 bridgehead atoms. The second-order valence-corrected chi connectivity index (χ2v) is 4.01. The Balaban J connectivity index is 2.02. The van der Waals surface area contributed by atoms with Gasteiger partial charge in [-0.25, -0.2) is 0 Å². The zero-order valence-corrected chi connectivity index (χ0v) is 8.29. The number of fused-ring (bicyclic) bond motifs is 2. The number of carbonyl (C=O) groups is 2. The smallest absolute Gasteiger partial charge is 0.310 e. The summed E-state index contributed by atoms with van der Waals surface area (Å²) < 4.78 is 4.98. The Kier molecular flexibility index (Phi) is 2.54. The van der Waals surface area contributed by atoms with Gasteiger partial charge in [0.25, 0.3) is 0 Å². The minimum atomic E-state index is -0.151. The highest BCUT2D eigenvalue weighted by Gasteiger charge is 2.43. The zero-order chi connectivity index (χ0) is 10.1. The molecule has 3 atom stereocenters. The number of nitrogens with one attached hydrogen (secondary N) is 1. The average Bonchev–Trinajstić information content (AvgIpc) is 2.42. The van der Waals surface area contributed by atoms with Gasteiger partial charge in [0.2, 0.25) is 0 Å². The van der Waals surface area contributed by atoms with Crippen LogP contribution in [0.15, 0.2) is 0 Å². The Bertz CT molecular complexity index is 264. The molecular weight excluding hydrogens is 182 g/mol. The minimum absolute atomic E-state index is 0.0281. The molecule has 4 heteroatoms. The first-order chi connectivity index (χ1) is 6.70. The van der Waals surface area contributed by atoms with Crippen molar-refractivity contribution in [3.63, 3.8) is 0 Å². The van der Waals surface area contributed by atoms with Crippen LogP contribution in [0.5, 0.6) is 0 Å². The summed E-state index contributed by atoms with van der Waals surface area (Å²) in [4.78, 5) is 22.8. The van der Waals surface area contributed by atoms with Gasteiger partial charge in [-0.1, -0.05) is 0 Å². The predicted octanol–water partition coefficient (Wildman–Crippen LogP) is 0.259. The third-order valence-corrected chi connectivity index (χ3v) is 2.98. The normalized spacial score (nSPS) is 35.8. The molecule has 3 unspecified atom stereocenters. The lowest BCUT2D eigenvalue weighted by atomic mass is 9.98. The lowest BCUT2D eigenvalue weighted by molar-refractivity contribution is -0.148. The van der Waals surface area contributed by atoms with Gasteiger partial charge >= 0.3 is 5.97 Å². The van der Waals surface area contributed by atoms with E-state index in [-0.39, 0.29) is 29.8 Å². The van der Waals surface area contributed by atoms with Gasteiger partial charge in [-0.3, -0.25) is 9.59 Å². The van der Waals surface area contributed by atoms with E-state index in [0.717, 1.165) is 6.42 Å². The molecule has 0 amide bonds. The van der Waals surface area contributed by atoms with Gasteiger partial charge in [0.05, 0.1) is 12.5 Å². The first-order valence-electron chi connectivity index (χ1n) is 5.15. The van der Waals surface area contributed by atoms with E-state index in [1.165, 1.54) is 0 Å². The van der Waals surface area contributed by atoms with Gasteiger partial charge in [0.1, 0.15) is 5.78 Å². The summed E-state index contributed by atoms with van der Waals surface area (Å²) in [6, 6.07) is 0.232. The molecule has 2 aliphatic heterocycles. The molecule has 0 aromatic rings. The Morgan fingerprint density at radius 1 is 1.57 bits per heavy atom. The van der Waals surface area contributed by atoms with E-state index in [4.69, 9.17) is 4.74 Å². The van der Waals surface area contributed by atoms with Crippen molar-refractivity contribution < 1.29 is 14.3 Å². The number of esters is 1. The number of piperidine rings is 1. The Morgan fingerprint density at radius 3 is 3.07 bits per heavy atom. The standard InChI is InChI=1S/C10H15NO3/c1-2-14-10(13)8-4-6-3-7(12)5-9(8)11-6/h6,8-9,11H,2-5H2,1H3. The molecular formula is C10H15NO3. The SMILES string of the molecule is CCOC(=O)C1CC2CC(=O)CC1N2. The maximum Gasteiger partial charge on any atom is 0.310 e. The van der Waals surface area contributed by atoms with Gasteiger partial charge in [0, 0.05) is 24.9 Å². The molecule has 78 valence electrons. The maximum atomic E-state index is 11.5. The summed E-state index contributed by atoms with van der Waals surface area (Å²) in [5.74, 6) is 0.0131. The van der Waals surface area contributed by atoms with Crippen molar-refractivity contribution >= 4 is 11.8 Å². The Hall–Kier alpha value is -0.900. The molecule has 14 heavy (non-hydrogen) atoms. The fraction of sp³-hybridized carbons (Fsp3) is 0.800. The molecule has 0 saturated carbocycles. The topological polar surface area (TPSA) is 55.4 Å². The van der Waals surface area contributed by atoms with Crippen molar-refractivity contribution in [1.29, 1.82) is 0 Å². The molecule has 2 rings (SSSR count). The van der Waals surface area contributed by atoms with Crippen LogP contribution in [0.1, 0.15) is 26.2 Å². The fourth-order valence-corrected chi connectivity index (χ4v) is 2.41. The number of Topliss-reactive ketones (excluding diaryl/α,β-unsaturated/α-hetero) is 1. The quantitative estimate of drug-likeness (QED) is 0.645. The van der Waals surface area contributed by atoms with Crippen molar-refractivity contribution in [1.82, 2.24) is 5.32 Å². The average molecular weight is 197 g/mol. The van der Waals surface area contributed by atoms with Crippen molar-refractivity contribution in [2.75, 3.05) is 6.61 Å². The molecule has 2 fully saturated rings. The third-order valence-electron chi connectivity index (χ3n) is 2.98. The second-order valence-electron chi connectivity index (χ2n) is 4.01. The van der Waals surface area contributed by atoms with E-state index in [1.54, 1.807) is 6.92 Å². The van der Waals surface area contributed by atoms with E-state index in [9.17, 15) is 9.59 Å². The molecule has 0 aromatic carbocycles. The molecule has 0 aliphatic carbocycles. The first kappa shape index (κ1) is 9.65. The van der Waals surface area contributed by atoms with Gasteiger partial charge in [-0.05, 0) is 13.3 Å². The summed E-state index contributed by atoms with van der Waals surface area (Å²) in [6.45, 7) is 2.22. The second kappa shape index (κ2) is 3.69. The molecule has 0 spiro atoms. The minimum Gasteiger partial charge on any atom is -0.466 e. The van der Waals surface area contributed by atoms with Crippen LogP contribution in [-0.2, 0) is 14.3 Å². The van der Waals surface area contributed by atoms with E-state index >= 15 is 0 Å². The monoisotopic (exact) mass is 197 g/mol.